The van der Waals surface area contributed by atoms with Crippen molar-refractivity contribution in [1.82, 2.24) is 9.30 Å². The summed E-state index contributed by atoms with van der Waals surface area (Å²) in [4.78, 5) is 17.6. The van der Waals surface area contributed by atoms with E-state index >= 15 is 0 Å². The van der Waals surface area contributed by atoms with Gasteiger partial charge in [-0.05, 0) is 54.1 Å². The van der Waals surface area contributed by atoms with Gasteiger partial charge in [-0.1, -0.05) is 46.9 Å². The lowest BCUT2D eigenvalue weighted by Gasteiger charge is -2.12. The highest BCUT2D eigenvalue weighted by molar-refractivity contribution is 6.34. The minimum Gasteiger partial charge on any atom is -0.497 e. The van der Waals surface area contributed by atoms with E-state index in [4.69, 9.17) is 44.3 Å². The second-order valence-electron chi connectivity index (χ2n) is 8.23. The van der Waals surface area contributed by atoms with E-state index in [1.807, 2.05) is 30.3 Å². The molecule has 2 heterocycles. The van der Waals surface area contributed by atoms with Crippen LogP contribution in [0, 0.1) is 0 Å². The standard InChI is InChI=1S/C27H20Cl3N3O4/c1-36-18-6-3-15(4-7-18)13-32-22-9-5-16(28)11-20(22)24-19(8-10-23(37-2)25(24)32)27(34)31-26-21(30)12-17(29)14-33(26)35/h3-12,14,35H,13H2,1-2H3. The summed E-state index contributed by atoms with van der Waals surface area (Å²) in [5.41, 5.74) is 2.74. The Morgan fingerprint density at radius 1 is 0.946 bits per heavy atom. The zero-order valence-electron chi connectivity index (χ0n) is 19.7. The maximum Gasteiger partial charge on any atom is 0.279 e. The van der Waals surface area contributed by atoms with Gasteiger partial charge in [0.15, 0.2) is 5.49 Å². The second kappa shape index (κ2) is 10.0. The summed E-state index contributed by atoms with van der Waals surface area (Å²) in [5, 5.41) is 12.3. The molecule has 1 N–H and O–H groups in total. The fourth-order valence-electron chi connectivity index (χ4n) is 4.37. The summed E-state index contributed by atoms with van der Waals surface area (Å²) in [5.74, 6) is 0.726. The topological polar surface area (TPSA) is 78.0 Å². The lowest BCUT2D eigenvalue weighted by atomic mass is 10.1. The normalized spacial score (nSPS) is 11.9. The molecule has 0 bridgehead atoms. The molecular weight excluding hydrogens is 537 g/mol. The molecule has 7 nitrogen and oxygen atoms in total. The molecule has 2 aromatic heterocycles. The number of aromatic nitrogens is 2. The smallest absolute Gasteiger partial charge is 0.279 e. The van der Waals surface area contributed by atoms with E-state index in [-0.39, 0.29) is 15.5 Å². The van der Waals surface area contributed by atoms with Crippen LogP contribution < -0.4 is 15.0 Å². The molecule has 0 fully saturated rings. The highest BCUT2D eigenvalue weighted by Crippen LogP contribution is 2.39. The Hall–Kier alpha value is -3.65. The zero-order valence-corrected chi connectivity index (χ0v) is 22.0. The third-order valence-corrected chi connectivity index (χ3v) is 6.75. The van der Waals surface area contributed by atoms with Crippen LogP contribution in [-0.2, 0) is 6.54 Å². The van der Waals surface area contributed by atoms with E-state index in [2.05, 4.69) is 9.56 Å². The molecule has 3 aromatic carbocycles. The minimum absolute atomic E-state index is 0.0260. The molecule has 0 aliphatic rings. The molecule has 37 heavy (non-hydrogen) atoms. The first-order chi connectivity index (χ1) is 17.8. The second-order valence-corrected chi connectivity index (χ2v) is 9.51. The van der Waals surface area contributed by atoms with Crippen LogP contribution in [0.2, 0.25) is 15.1 Å². The SMILES string of the molecule is COc1ccc(Cn2c3ccc(Cl)cc3c3c(C(=O)N=c4c(Cl)cc(Cl)cn4O)ccc(OC)c32)cc1. The summed E-state index contributed by atoms with van der Waals surface area (Å²) in [6.45, 7) is 0.496. The number of ether oxygens (including phenoxy) is 2. The summed E-state index contributed by atoms with van der Waals surface area (Å²) in [6.07, 6.45) is 1.20. The monoisotopic (exact) mass is 555 g/mol. The van der Waals surface area contributed by atoms with E-state index in [0.29, 0.717) is 38.5 Å². The van der Waals surface area contributed by atoms with Gasteiger partial charge in [-0.3, -0.25) is 4.79 Å². The van der Waals surface area contributed by atoms with Crippen molar-refractivity contribution in [2.75, 3.05) is 14.2 Å². The third kappa shape index (κ3) is 4.62. The van der Waals surface area contributed by atoms with Crippen LogP contribution in [0.5, 0.6) is 11.5 Å². The van der Waals surface area contributed by atoms with E-state index in [0.717, 1.165) is 22.2 Å². The van der Waals surface area contributed by atoms with Gasteiger partial charge in [0.2, 0.25) is 0 Å². The van der Waals surface area contributed by atoms with Gasteiger partial charge in [0, 0.05) is 27.9 Å². The molecule has 1 amide bonds. The highest BCUT2D eigenvalue weighted by atomic mass is 35.5. The number of halogens is 3. The van der Waals surface area contributed by atoms with E-state index < -0.39 is 5.91 Å². The van der Waals surface area contributed by atoms with Crippen molar-refractivity contribution in [2.24, 2.45) is 4.99 Å². The number of benzene rings is 3. The predicted molar refractivity (Wildman–Crippen MR) is 145 cm³/mol. The maximum atomic E-state index is 13.5. The number of methoxy groups -OCH3 is 2. The molecular formula is C27H20Cl3N3O4. The fourth-order valence-corrected chi connectivity index (χ4v) is 5.04. The van der Waals surface area contributed by atoms with Crippen molar-refractivity contribution in [3.63, 3.8) is 0 Å². The van der Waals surface area contributed by atoms with E-state index in [9.17, 15) is 10.0 Å². The summed E-state index contributed by atoms with van der Waals surface area (Å²) < 4.78 is 13.7. The van der Waals surface area contributed by atoms with Crippen LogP contribution in [-0.4, -0.2) is 34.6 Å². The van der Waals surface area contributed by atoms with Crippen molar-refractivity contribution >= 4 is 62.5 Å². The first-order valence-corrected chi connectivity index (χ1v) is 12.2. The van der Waals surface area contributed by atoms with Gasteiger partial charge in [-0.2, -0.15) is 9.72 Å². The van der Waals surface area contributed by atoms with Crippen molar-refractivity contribution in [2.45, 2.75) is 6.54 Å². The summed E-state index contributed by atoms with van der Waals surface area (Å²) >= 11 is 18.5. The Labute approximate surface area is 226 Å². The average molecular weight is 557 g/mol. The predicted octanol–water partition coefficient (Wildman–Crippen LogP) is 6.60. The van der Waals surface area contributed by atoms with E-state index in [1.165, 1.54) is 12.3 Å². The molecule has 0 unspecified atom stereocenters. The number of amides is 1. The minimum atomic E-state index is -0.608. The lowest BCUT2D eigenvalue weighted by Crippen LogP contribution is -2.21. The molecule has 5 aromatic rings. The first-order valence-electron chi connectivity index (χ1n) is 11.1. The quantitative estimate of drug-likeness (QED) is 0.247. The van der Waals surface area contributed by atoms with Crippen LogP contribution in [0.3, 0.4) is 0 Å². The number of nitrogens with zero attached hydrogens (tertiary/aromatic N) is 3. The van der Waals surface area contributed by atoms with Crippen molar-refractivity contribution in [1.29, 1.82) is 0 Å². The van der Waals surface area contributed by atoms with Gasteiger partial charge in [-0.25, -0.2) is 0 Å². The Bertz CT molecular complexity index is 1710. The largest absolute Gasteiger partial charge is 0.497 e. The molecule has 0 aliphatic heterocycles. The molecule has 0 saturated carbocycles. The van der Waals surface area contributed by atoms with Crippen LogP contribution in [0.1, 0.15) is 15.9 Å². The molecule has 0 saturated heterocycles. The Morgan fingerprint density at radius 2 is 1.70 bits per heavy atom. The molecule has 188 valence electrons. The molecule has 0 atom stereocenters. The highest BCUT2D eigenvalue weighted by Gasteiger charge is 2.22. The van der Waals surface area contributed by atoms with Crippen molar-refractivity contribution < 1.29 is 19.5 Å². The van der Waals surface area contributed by atoms with Gasteiger partial charge < -0.3 is 19.2 Å². The number of carbonyl (C=O) groups is 1. The Kier molecular flexibility index (Phi) is 6.77. The first kappa shape index (κ1) is 25.0. The van der Waals surface area contributed by atoms with Gasteiger partial charge in [-0.15, -0.1) is 0 Å². The van der Waals surface area contributed by atoms with Crippen molar-refractivity contribution in [3.05, 3.63) is 98.5 Å². The number of rotatable bonds is 5. The van der Waals surface area contributed by atoms with Gasteiger partial charge >= 0.3 is 0 Å². The average Bonchev–Trinajstić information content (AvgIpc) is 3.19. The van der Waals surface area contributed by atoms with Gasteiger partial charge in [0.25, 0.3) is 5.91 Å². The lowest BCUT2D eigenvalue weighted by molar-refractivity contribution is 0.0989. The van der Waals surface area contributed by atoms with Crippen molar-refractivity contribution in [3.8, 4) is 11.5 Å². The number of carbonyl (C=O) groups excluding carboxylic acids is 1. The third-order valence-electron chi connectivity index (χ3n) is 6.03. The molecule has 5 rings (SSSR count). The van der Waals surface area contributed by atoms with Crippen LogP contribution in [0.4, 0.5) is 0 Å². The van der Waals surface area contributed by atoms with Crippen LogP contribution in [0.25, 0.3) is 21.8 Å². The Morgan fingerprint density at radius 3 is 2.38 bits per heavy atom. The van der Waals surface area contributed by atoms with Crippen LogP contribution in [0.15, 0.2) is 71.9 Å². The van der Waals surface area contributed by atoms with E-state index in [1.54, 1.807) is 38.5 Å². The zero-order chi connectivity index (χ0) is 26.3. The molecule has 0 aliphatic carbocycles. The van der Waals surface area contributed by atoms with Crippen LogP contribution >= 0.6 is 34.8 Å². The fraction of sp³-hybridized carbons (Fsp3) is 0.111. The number of pyridine rings is 1. The molecule has 10 heteroatoms. The number of fused-ring (bicyclic) bond motifs is 3. The summed E-state index contributed by atoms with van der Waals surface area (Å²) in [7, 11) is 3.20. The maximum absolute atomic E-state index is 13.5. The number of hydrogen-bond donors (Lipinski definition) is 1. The van der Waals surface area contributed by atoms with Gasteiger partial charge in [0.05, 0.1) is 41.5 Å². The molecule has 0 radical (unpaired) electrons. The summed E-state index contributed by atoms with van der Waals surface area (Å²) in [6, 6.07) is 18.0. The van der Waals surface area contributed by atoms with Gasteiger partial charge in [0.1, 0.15) is 11.5 Å². The Balaban J connectivity index is 1.78. The number of hydrogen-bond acceptors (Lipinski definition) is 4. The molecule has 0 spiro atoms.